The molecule has 0 saturated carbocycles. The van der Waals surface area contributed by atoms with Gasteiger partial charge in [-0.2, -0.15) is 13.2 Å². The van der Waals surface area contributed by atoms with Gasteiger partial charge in [0.05, 0.1) is 23.1 Å². The number of benzene rings is 1. The Kier molecular flexibility index (Phi) is 4.82. The van der Waals surface area contributed by atoms with Crippen molar-refractivity contribution in [2.75, 3.05) is 25.0 Å². The highest BCUT2D eigenvalue weighted by molar-refractivity contribution is 5.88. The summed E-state index contributed by atoms with van der Waals surface area (Å²) in [6.07, 6.45) is -3.26. The number of fused-ring (bicyclic) bond motifs is 2. The van der Waals surface area contributed by atoms with E-state index in [0.717, 1.165) is 17.4 Å². The minimum Gasteiger partial charge on any atom is -0.491 e. The summed E-state index contributed by atoms with van der Waals surface area (Å²) < 4.78 is 45.7. The number of likely N-dealkylation sites (tertiary alicyclic amines) is 1. The third-order valence-electron chi connectivity index (χ3n) is 6.45. The lowest BCUT2D eigenvalue weighted by Crippen LogP contribution is -2.62. The summed E-state index contributed by atoms with van der Waals surface area (Å²) in [5.74, 6) is 1.20. The summed E-state index contributed by atoms with van der Waals surface area (Å²) >= 11 is 0. The molecule has 10 heteroatoms. The molecule has 3 N–H and O–H groups in total. The molecule has 1 aromatic carbocycles. The fraction of sp³-hybridized carbons (Fsp3) is 0.455. The fourth-order valence-electron chi connectivity index (χ4n) is 4.42. The number of nitrogens with one attached hydrogen (secondary N) is 2. The predicted octanol–water partition coefficient (Wildman–Crippen LogP) is 3.59. The lowest BCUT2D eigenvalue weighted by atomic mass is 9.81. The normalized spacial score (nSPS) is 22.3. The van der Waals surface area contributed by atoms with E-state index in [1.165, 1.54) is 6.33 Å². The third kappa shape index (κ3) is 3.67. The summed E-state index contributed by atoms with van der Waals surface area (Å²) in [6.45, 7) is 5.44. The molecule has 1 fully saturated rings. The molecule has 32 heavy (non-hydrogen) atoms. The zero-order valence-corrected chi connectivity index (χ0v) is 17.6. The van der Waals surface area contributed by atoms with Gasteiger partial charge in [0.2, 0.25) is 0 Å². The van der Waals surface area contributed by atoms with Crippen LogP contribution < -0.4 is 10.1 Å². The van der Waals surface area contributed by atoms with Gasteiger partial charge in [0.25, 0.3) is 0 Å². The Labute approximate surface area is 182 Å². The van der Waals surface area contributed by atoms with Crippen LogP contribution in [0.2, 0.25) is 0 Å². The molecule has 2 atom stereocenters. The molecule has 0 bridgehead atoms. The van der Waals surface area contributed by atoms with Crippen LogP contribution in [0.1, 0.15) is 31.1 Å². The van der Waals surface area contributed by atoms with Crippen molar-refractivity contribution in [1.82, 2.24) is 19.9 Å². The Bertz CT molecular complexity index is 1130. The maximum Gasteiger partial charge on any atom is 0.431 e. The van der Waals surface area contributed by atoms with Crippen LogP contribution in [0.15, 0.2) is 36.7 Å². The zero-order chi connectivity index (χ0) is 22.7. The summed E-state index contributed by atoms with van der Waals surface area (Å²) in [6, 6.07) is 8.32. The molecule has 2 aromatic heterocycles. The van der Waals surface area contributed by atoms with Crippen molar-refractivity contribution in [2.45, 2.75) is 37.7 Å². The number of hydrogen-bond donors (Lipinski definition) is 3. The van der Waals surface area contributed by atoms with Gasteiger partial charge in [0, 0.05) is 24.6 Å². The zero-order valence-electron chi connectivity index (χ0n) is 17.6. The van der Waals surface area contributed by atoms with E-state index in [2.05, 4.69) is 25.2 Å². The van der Waals surface area contributed by atoms with Crippen molar-refractivity contribution in [3.05, 3.63) is 47.9 Å². The fourth-order valence-corrected chi connectivity index (χ4v) is 4.42. The first-order valence-corrected chi connectivity index (χ1v) is 10.5. The van der Waals surface area contributed by atoms with Crippen LogP contribution in [0.3, 0.4) is 0 Å². The number of aromatic amines is 1. The number of ether oxygens (including phenoxy) is 1. The molecule has 0 radical (unpaired) electrons. The summed E-state index contributed by atoms with van der Waals surface area (Å²) in [4.78, 5) is 12.8. The number of hydrogen-bond acceptors (Lipinski definition) is 6. The molecule has 0 aliphatic carbocycles. The Morgan fingerprint density at radius 1 is 1.19 bits per heavy atom. The molecule has 5 rings (SSSR count). The van der Waals surface area contributed by atoms with E-state index < -0.39 is 17.5 Å². The Morgan fingerprint density at radius 2 is 1.94 bits per heavy atom. The van der Waals surface area contributed by atoms with Crippen LogP contribution in [-0.4, -0.2) is 56.3 Å². The van der Waals surface area contributed by atoms with Gasteiger partial charge in [-0.05, 0) is 26.0 Å². The monoisotopic (exact) mass is 447 g/mol. The first-order chi connectivity index (χ1) is 15.1. The van der Waals surface area contributed by atoms with Crippen LogP contribution in [0.4, 0.5) is 19.0 Å². The molecule has 2 aliphatic rings. The molecule has 170 valence electrons. The highest BCUT2D eigenvalue weighted by Gasteiger charge is 2.45. The number of alkyl halides is 3. The molecule has 0 spiro atoms. The van der Waals surface area contributed by atoms with Crippen LogP contribution in [0, 0.1) is 5.92 Å². The average Bonchev–Trinajstić information content (AvgIpc) is 3.13. The maximum absolute atomic E-state index is 13.2. The van der Waals surface area contributed by atoms with Gasteiger partial charge < -0.3 is 20.1 Å². The first kappa shape index (κ1) is 21.0. The predicted molar refractivity (Wildman–Crippen MR) is 112 cm³/mol. The smallest absolute Gasteiger partial charge is 0.431 e. The maximum atomic E-state index is 13.2. The van der Waals surface area contributed by atoms with E-state index in [9.17, 15) is 18.3 Å². The SMILES string of the molecule is CC(C)(O)C1CN(C2COc3ccccc3C2Nc2ncnc3[nH]c(C(F)(F)F)cc23)C1. The van der Waals surface area contributed by atoms with Crippen molar-refractivity contribution in [2.24, 2.45) is 5.92 Å². The number of para-hydroxylation sites is 1. The molecule has 7 nitrogen and oxygen atoms in total. The summed E-state index contributed by atoms with van der Waals surface area (Å²) in [5, 5.41) is 14.0. The van der Waals surface area contributed by atoms with E-state index in [-0.39, 0.29) is 29.0 Å². The van der Waals surface area contributed by atoms with E-state index in [4.69, 9.17) is 4.74 Å². The van der Waals surface area contributed by atoms with Gasteiger partial charge in [0.1, 0.15) is 35.8 Å². The number of nitrogens with zero attached hydrogens (tertiary/aromatic N) is 3. The Hall–Kier alpha value is -2.85. The first-order valence-electron chi connectivity index (χ1n) is 10.5. The number of aliphatic hydroxyl groups is 1. The van der Waals surface area contributed by atoms with Crippen molar-refractivity contribution in [3.8, 4) is 5.75 Å². The second-order valence-corrected chi connectivity index (χ2v) is 9.01. The van der Waals surface area contributed by atoms with Crippen molar-refractivity contribution < 1.29 is 23.0 Å². The molecule has 1 saturated heterocycles. The molecular formula is C22H24F3N5O2. The number of anilines is 1. The molecule has 0 amide bonds. The van der Waals surface area contributed by atoms with E-state index >= 15 is 0 Å². The van der Waals surface area contributed by atoms with Crippen LogP contribution in [-0.2, 0) is 6.18 Å². The standard InChI is InChI=1S/C22H24F3N5O2/c1-21(2,31)12-8-30(9-12)15-10-32-16-6-4-3-5-13(16)18(15)29-20-14-7-17(22(23,24)25)28-19(14)26-11-27-20/h3-7,11-12,15,18,31H,8-10H2,1-2H3,(H2,26,27,28,29). The molecule has 2 unspecified atom stereocenters. The average molecular weight is 447 g/mol. The van der Waals surface area contributed by atoms with Gasteiger partial charge in [-0.3, -0.25) is 4.90 Å². The Morgan fingerprint density at radius 3 is 2.66 bits per heavy atom. The minimum atomic E-state index is -4.50. The topological polar surface area (TPSA) is 86.3 Å². The number of rotatable bonds is 4. The van der Waals surface area contributed by atoms with E-state index in [0.29, 0.717) is 25.5 Å². The minimum absolute atomic E-state index is 0.0745. The molecular weight excluding hydrogens is 423 g/mol. The van der Waals surface area contributed by atoms with Gasteiger partial charge >= 0.3 is 6.18 Å². The highest BCUT2D eigenvalue weighted by Crippen LogP contribution is 2.41. The molecule has 2 aliphatic heterocycles. The van der Waals surface area contributed by atoms with Gasteiger partial charge in [-0.1, -0.05) is 18.2 Å². The second kappa shape index (κ2) is 7.35. The van der Waals surface area contributed by atoms with Crippen LogP contribution in [0.5, 0.6) is 5.75 Å². The summed E-state index contributed by atoms with van der Waals surface area (Å²) in [7, 11) is 0. The van der Waals surface area contributed by atoms with Gasteiger partial charge in [-0.15, -0.1) is 0 Å². The van der Waals surface area contributed by atoms with Gasteiger partial charge in [0.15, 0.2) is 0 Å². The quantitative estimate of drug-likeness (QED) is 0.567. The molecule has 4 heterocycles. The van der Waals surface area contributed by atoms with E-state index in [1.54, 1.807) is 13.8 Å². The third-order valence-corrected chi connectivity index (χ3v) is 6.45. The van der Waals surface area contributed by atoms with Crippen molar-refractivity contribution in [1.29, 1.82) is 0 Å². The number of H-pyrrole nitrogens is 1. The summed E-state index contributed by atoms with van der Waals surface area (Å²) in [5.41, 5.74) is -0.604. The number of aromatic nitrogens is 3. The lowest BCUT2D eigenvalue weighted by Gasteiger charge is -2.51. The van der Waals surface area contributed by atoms with Crippen molar-refractivity contribution in [3.63, 3.8) is 0 Å². The molecule has 3 aromatic rings. The number of halogens is 3. The second-order valence-electron chi connectivity index (χ2n) is 9.01. The van der Waals surface area contributed by atoms with E-state index in [1.807, 2.05) is 24.3 Å². The highest BCUT2D eigenvalue weighted by atomic mass is 19.4. The van der Waals surface area contributed by atoms with Crippen LogP contribution in [0.25, 0.3) is 11.0 Å². The Balaban J connectivity index is 1.49. The largest absolute Gasteiger partial charge is 0.491 e. The van der Waals surface area contributed by atoms with Crippen molar-refractivity contribution >= 4 is 16.9 Å². The van der Waals surface area contributed by atoms with Gasteiger partial charge in [-0.25, -0.2) is 9.97 Å². The van der Waals surface area contributed by atoms with Crippen LogP contribution >= 0.6 is 0 Å². The lowest BCUT2D eigenvalue weighted by molar-refractivity contribution is -0.140.